The van der Waals surface area contributed by atoms with E-state index in [-0.39, 0.29) is 23.6 Å². The molecule has 130 valence electrons. The molecule has 0 radical (unpaired) electrons. The Bertz CT molecular complexity index is 798. The number of nitrogens with zero attached hydrogens (tertiary/aromatic N) is 2. The van der Waals surface area contributed by atoms with Crippen LogP contribution in [0.15, 0.2) is 29.4 Å². The van der Waals surface area contributed by atoms with Gasteiger partial charge >= 0.3 is 0 Å². The molecule has 2 aromatic rings. The maximum Gasteiger partial charge on any atom is 0.253 e. The molecule has 1 heterocycles. The van der Waals surface area contributed by atoms with Crippen molar-refractivity contribution in [1.82, 2.24) is 20.5 Å². The molecule has 2 aliphatic carbocycles. The van der Waals surface area contributed by atoms with Crippen LogP contribution < -0.4 is 10.6 Å². The topological polar surface area (TPSA) is 99.8 Å². The minimum atomic E-state index is -0.186. The van der Waals surface area contributed by atoms with Gasteiger partial charge in [-0.25, -0.2) is 4.98 Å². The van der Waals surface area contributed by atoms with E-state index in [1.807, 2.05) is 0 Å². The Morgan fingerprint density at radius 3 is 2.76 bits per heavy atom. The van der Waals surface area contributed by atoms with Crippen LogP contribution in [0.1, 0.15) is 47.8 Å². The van der Waals surface area contributed by atoms with Crippen LogP contribution in [0, 0.1) is 0 Å². The summed E-state index contributed by atoms with van der Waals surface area (Å²) in [6.07, 6.45) is 4.35. The summed E-state index contributed by atoms with van der Waals surface area (Å²) < 4.78 is 0. The molecular formula is C17H19N5O2S. The molecule has 2 aliphatic rings. The van der Waals surface area contributed by atoms with Crippen molar-refractivity contribution in [3.05, 3.63) is 35.7 Å². The predicted molar refractivity (Wildman–Crippen MR) is 94.6 cm³/mol. The number of rotatable bonds is 7. The largest absolute Gasteiger partial charge is 0.349 e. The second-order valence-electron chi connectivity index (χ2n) is 6.41. The maximum atomic E-state index is 12.3. The van der Waals surface area contributed by atoms with Crippen molar-refractivity contribution >= 4 is 29.3 Å². The van der Waals surface area contributed by atoms with Crippen molar-refractivity contribution in [1.29, 1.82) is 0 Å². The van der Waals surface area contributed by atoms with Gasteiger partial charge in [-0.3, -0.25) is 14.7 Å². The molecule has 0 aliphatic heterocycles. The first-order valence-corrected chi connectivity index (χ1v) is 9.42. The fourth-order valence-electron chi connectivity index (χ4n) is 2.46. The molecule has 4 rings (SSSR count). The normalized spacial score (nSPS) is 16.5. The van der Waals surface area contributed by atoms with E-state index in [9.17, 15) is 9.59 Å². The molecule has 2 fully saturated rings. The lowest BCUT2D eigenvalue weighted by molar-refractivity contribution is -0.113. The first-order chi connectivity index (χ1) is 12.2. The average molecular weight is 357 g/mol. The molecule has 2 amide bonds. The third-order valence-corrected chi connectivity index (χ3v) is 4.98. The minimum absolute atomic E-state index is 0.144. The number of thioether (sulfide) groups is 1. The molecule has 25 heavy (non-hydrogen) atoms. The van der Waals surface area contributed by atoms with Crippen LogP contribution in [0.2, 0.25) is 0 Å². The molecule has 0 bridgehead atoms. The Morgan fingerprint density at radius 2 is 2.00 bits per heavy atom. The van der Waals surface area contributed by atoms with Gasteiger partial charge < -0.3 is 10.6 Å². The number of nitrogens with one attached hydrogen (secondary N) is 3. The van der Waals surface area contributed by atoms with Gasteiger partial charge in [0.1, 0.15) is 5.82 Å². The number of para-hydroxylation sites is 1. The van der Waals surface area contributed by atoms with Crippen LogP contribution >= 0.6 is 11.8 Å². The molecular weight excluding hydrogens is 338 g/mol. The van der Waals surface area contributed by atoms with E-state index in [2.05, 4.69) is 25.8 Å². The molecule has 1 aromatic heterocycles. The van der Waals surface area contributed by atoms with E-state index in [1.54, 1.807) is 24.3 Å². The number of aromatic nitrogens is 3. The molecule has 0 saturated heterocycles. The summed E-state index contributed by atoms with van der Waals surface area (Å²) in [6.45, 7) is 0. The monoisotopic (exact) mass is 357 g/mol. The summed E-state index contributed by atoms with van der Waals surface area (Å²) in [5.74, 6) is 1.28. The van der Waals surface area contributed by atoms with Gasteiger partial charge in [0.25, 0.3) is 5.91 Å². The highest BCUT2D eigenvalue weighted by Gasteiger charge is 2.27. The van der Waals surface area contributed by atoms with E-state index in [0.717, 1.165) is 31.5 Å². The van der Waals surface area contributed by atoms with Crippen molar-refractivity contribution < 1.29 is 9.59 Å². The summed E-state index contributed by atoms with van der Waals surface area (Å²) in [7, 11) is 0. The third kappa shape index (κ3) is 4.19. The number of amides is 2. The fraction of sp³-hybridized carbons (Fsp3) is 0.412. The fourth-order valence-corrected chi connectivity index (χ4v) is 3.06. The first kappa shape index (κ1) is 16.1. The van der Waals surface area contributed by atoms with Crippen LogP contribution in [-0.2, 0) is 4.79 Å². The molecule has 2 saturated carbocycles. The Labute approximate surface area is 149 Å². The number of H-pyrrole nitrogens is 1. The highest BCUT2D eigenvalue weighted by atomic mass is 32.2. The smallest absolute Gasteiger partial charge is 0.253 e. The summed E-state index contributed by atoms with van der Waals surface area (Å²) in [4.78, 5) is 28.9. The number of hydrogen-bond acceptors (Lipinski definition) is 5. The number of anilines is 1. The van der Waals surface area contributed by atoms with Gasteiger partial charge in [0.05, 0.1) is 17.0 Å². The Morgan fingerprint density at radius 1 is 1.20 bits per heavy atom. The van der Waals surface area contributed by atoms with Crippen LogP contribution in [0.5, 0.6) is 0 Å². The quantitative estimate of drug-likeness (QED) is 0.660. The Balaban J connectivity index is 1.34. The van der Waals surface area contributed by atoms with E-state index >= 15 is 0 Å². The molecule has 0 spiro atoms. The van der Waals surface area contributed by atoms with Gasteiger partial charge in [0.2, 0.25) is 11.1 Å². The van der Waals surface area contributed by atoms with Crippen LogP contribution in [0.25, 0.3) is 0 Å². The zero-order valence-corrected chi connectivity index (χ0v) is 14.4. The van der Waals surface area contributed by atoms with Gasteiger partial charge in [0, 0.05) is 12.0 Å². The third-order valence-electron chi connectivity index (χ3n) is 4.14. The van der Waals surface area contributed by atoms with Crippen molar-refractivity contribution in [3.8, 4) is 0 Å². The van der Waals surface area contributed by atoms with Crippen molar-refractivity contribution in [3.63, 3.8) is 0 Å². The van der Waals surface area contributed by atoms with Crippen molar-refractivity contribution in [2.45, 2.75) is 42.8 Å². The number of carbonyl (C=O) groups is 2. The number of hydrogen-bond donors (Lipinski definition) is 3. The van der Waals surface area contributed by atoms with Crippen molar-refractivity contribution in [2.24, 2.45) is 0 Å². The molecule has 7 nitrogen and oxygen atoms in total. The Hall–Kier alpha value is -2.35. The lowest BCUT2D eigenvalue weighted by Gasteiger charge is -2.10. The summed E-state index contributed by atoms with van der Waals surface area (Å²) in [5.41, 5.74) is 1.02. The molecule has 3 N–H and O–H groups in total. The predicted octanol–water partition coefficient (Wildman–Crippen LogP) is 2.31. The molecule has 8 heteroatoms. The zero-order chi connectivity index (χ0) is 17.2. The summed E-state index contributed by atoms with van der Waals surface area (Å²) in [5, 5.41) is 13.4. The SMILES string of the molecule is O=C(CSc1n[nH]c(C2CC2)n1)Nc1ccccc1C(=O)NC1CC1. The average Bonchev–Trinajstić information content (AvgIpc) is 3.54. The van der Waals surface area contributed by atoms with Crippen LogP contribution in [-0.4, -0.2) is 38.8 Å². The second kappa shape index (κ2) is 6.87. The van der Waals surface area contributed by atoms with Gasteiger partial charge in [0.15, 0.2) is 0 Å². The number of carbonyl (C=O) groups excluding carboxylic acids is 2. The van der Waals surface area contributed by atoms with Crippen LogP contribution in [0.4, 0.5) is 5.69 Å². The van der Waals surface area contributed by atoms with Crippen LogP contribution in [0.3, 0.4) is 0 Å². The van der Waals surface area contributed by atoms with Gasteiger partial charge in [-0.2, -0.15) is 0 Å². The van der Waals surface area contributed by atoms with E-state index in [0.29, 0.717) is 22.3 Å². The molecule has 1 aromatic carbocycles. The van der Waals surface area contributed by atoms with E-state index in [1.165, 1.54) is 11.8 Å². The summed E-state index contributed by atoms with van der Waals surface area (Å²) in [6, 6.07) is 7.32. The molecule has 0 unspecified atom stereocenters. The standard InChI is InChI=1S/C17H19N5O2S/c23-14(9-25-17-20-15(21-22-17)10-5-6-10)19-13-4-2-1-3-12(13)16(24)18-11-7-8-11/h1-4,10-11H,5-9H2,(H,18,24)(H,19,23)(H,20,21,22). The van der Waals surface area contributed by atoms with Crippen molar-refractivity contribution in [2.75, 3.05) is 11.1 Å². The lowest BCUT2D eigenvalue weighted by atomic mass is 10.1. The Kier molecular flexibility index (Phi) is 4.44. The summed E-state index contributed by atoms with van der Waals surface area (Å²) >= 11 is 1.28. The second-order valence-corrected chi connectivity index (χ2v) is 7.35. The van der Waals surface area contributed by atoms with Gasteiger partial charge in [-0.15, -0.1) is 5.10 Å². The highest BCUT2D eigenvalue weighted by Crippen LogP contribution is 2.38. The molecule has 0 atom stereocenters. The highest BCUT2D eigenvalue weighted by molar-refractivity contribution is 7.99. The first-order valence-electron chi connectivity index (χ1n) is 8.44. The van der Waals surface area contributed by atoms with Gasteiger partial charge in [-0.05, 0) is 37.8 Å². The number of benzene rings is 1. The lowest BCUT2D eigenvalue weighted by Crippen LogP contribution is -2.27. The van der Waals surface area contributed by atoms with Gasteiger partial charge in [-0.1, -0.05) is 23.9 Å². The number of aromatic amines is 1. The van der Waals surface area contributed by atoms with E-state index < -0.39 is 0 Å². The maximum absolute atomic E-state index is 12.3. The van der Waals surface area contributed by atoms with E-state index in [4.69, 9.17) is 0 Å². The minimum Gasteiger partial charge on any atom is -0.349 e. The zero-order valence-electron chi connectivity index (χ0n) is 13.6.